The Hall–Kier alpha value is -0.820. The van der Waals surface area contributed by atoms with Crippen molar-refractivity contribution >= 4 is 17.6 Å². The van der Waals surface area contributed by atoms with Crippen molar-refractivity contribution in [2.75, 3.05) is 17.8 Å². The summed E-state index contributed by atoms with van der Waals surface area (Å²) in [5, 5.41) is 17.8. The summed E-state index contributed by atoms with van der Waals surface area (Å²) in [5.74, 6) is 7.13. The average molecular weight is 229 g/mol. The van der Waals surface area contributed by atoms with Gasteiger partial charge in [0, 0.05) is 23.3 Å². The molecule has 1 atom stereocenters. The number of pyridine rings is 1. The van der Waals surface area contributed by atoms with Crippen molar-refractivity contribution < 1.29 is 10.2 Å². The molecule has 0 aromatic carbocycles. The molecule has 0 bridgehead atoms. The number of nitrogens with zero attached hydrogens (tertiary/aromatic N) is 1. The fourth-order valence-corrected chi connectivity index (χ4v) is 1.99. The van der Waals surface area contributed by atoms with Crippen molar-refractivity contribution in [3.8, 4) is 0 Å². The number of aromatic nitrogens is 1. The second-order valence-electron chi connectivity index (χ2n) is 3.01. The molecule has 1 unspecified atom stereocenters. The second-order valence-corrected chi connectivity index (χ2v) is 4.04. The molecule has 0 saturated heterocycles. The van der Waals surface area contributed by atoms with E-state index in [-0.39, 0.29) is 6.61 Å². The summed E-state index contributed by atoms with van der Waals surface area (Å²) in [5.41, 5.74) is 3.49. The third-order valence-electron chi connectivity index (χ3n) is 1.81. The molecule has 5 nitrogen and oxygen atoms in total. The fourth-order valence-electron chi connectivity index (χ4n) is 1.04. The summed E-state index contributed by atoms with van der Waals surface area (Å²) in [7, 11) is 0. The van der Waals surface area contributed by atoms with Gasteiger partial charge >= 0.3 is 0 Å². The predicted molar refractivity (Wildman–Crippen MR) is 61.3 cm³/mol. The van der Waals surface area contributed by atoms with Gasteiger partial charge < -0.3 is 15.6 Å². The van der Waals surface area contributed by atoms with Crippen LogP contribution in [0.1, 0.15) is 5.56 Å². The van der Waals surface area contributed by atoms with Crippen molar-refractivity contribution in [2.24, 2.45) is 5.84 Å². The van der Waals surface area contributed by atoms with E-state index in [2.05, 4.69) is 10.4 Å². The maximum absolute atomic E-state index is 9.14. The van der Waals surface area contributed by atoms with Crippen LogP contribution in [-0.4, -0.2) is 33.7 Å². The van der Waals surface area contributed by atoms with Crippen LogP contribution in [0.15, 0.2) is 18.3 Å². The highest BCUT2D eigenvalue weighted by atomic mass is 32.2. The lowest BCUT2D eigenvalue weighted by Crippen LogP contribution is -2.15. The number of hydrogen-bond acceptors (Lipinski definition) is 6. The Morgan fingerprint density at radius 2 is 2.40 bits per heavy atom. The van der Waals surface area contributed by atoms with Crippen molar-refractivity contribution in [1.82, 2.24) is 4.98 Å². The van der Waals surface area contributed by atoms with Crippen LogP contribution in [-0.2, 0) is 5.75 Å². The molecule has 0 aliphatic carbocycles. The Morgan fingerprint density at radius 3 is 3.07 bits per heavy atom. The maximum Gasteiger partial charge on any atom is 0.143 e. The van der Waals surface area contributed by atoms with Crippen LogP contribution in [0.25, 0.3) is 0 Å². The van der Waals surface area contributed by atoms with E-state index in [9.17, 15) is 0 Å². The van der Waals surface area contributed by atoms with Gasteiger partial charge in [-0.1, -0.05) is 6.07 Å². The van der Waals surface area contributed by atoms with Gasteiger partial charge in [0.15, 0.2) is 0 Å². The number of thioether (sulfide) groups is 1. The minimum Gasteiger partial charge on any atom is -0.394 e. The number of nitrogens with two attached hydrogens (primary N) is 1. The van der Waals surface area contributed by atoms with E-state index in [1.807, 2.05) is 12.1 Å². The number of rotatable bonds is 6. The lowest BCUT2D eigenvalue weighted by Gasteiger charge is -2.09. The highest BCUT2D eigenvalue weighted by molar-refractivity contribution is 7.98. The SMILES string of the molecule is NNc1ncccc1CSCC(O)CO. The van der Waals surface area contributed by atoms with Crippen molar-refractivity contribution in [2.45, 2.75) is 11.9 Å². The third kappa shape index (κ3) is 4.05. The van der Waals surface area contributed by atoms with Crippen LogP contribution in [0.4, 0.5) is 5.82 Å². The number of nitrogen functional groups attached to an aromatic ring is 1. The van der Waals surface area contributed by atoms with Crippen molar-refractivity contribution in [1.29, 1.82) is 0 Å². The van der Waals surface area contributed by atoms with E-state index in [4.69, 9.17) is 16.1 Å². The molecule has 84 valence electrons. The molecular weight excluding hydrogens is 214 g/mol. The van der Waals surface area contributed by atoms with Gasteiger partial charge in [-0.15, -0.1) is 0 Å². The first-order chi connectivity index (χ1) is 7.27. The van der Waals surface area contributed by atoms with E-state index in [1.165, 1.54) is 11.8 Å². The molecule has 0 spiro atoms. The molecule has 0 fully saturated rings. The quantitative estimate of drug-likeness (QED) is 0.404. The van der Waals surface area contributed by atoms with Crippen LogP contribution < -0.4 is 11.3 Å². The average Bonchev–Trinajstić information content (AvgIpc) is 2.29. The molecule has 0 radical (unpaired) electrons. The van der Waals surface area contributed by atoms with Gasteiger partial charge in [0.2, 0.25) is 0 Å². The first kappa shape index (κ1) is 12.3. The molecule has 1 aromatic heterocycles. The third-order valence-corrected chi connectivity index (χ3v) is 2.94. The van der Waals surface area contributed by atoms with Gasteiger partial charge in [-0.05, 0) is 6.07 Å². The molecule has 15 heavy (non-hydrogen) atoms. The molecule has 0 saturated carbocycles. The van der Waals surface area contributed by atoms with E-state index in [0.29, 0.717) is 17.3 Å². The van der Waals surface area contributed by atoms with Crippen LogP contribution in [0, 0.1) is 0 Å². The van der Waals surface area contributed by atoms with E-state index >= 15 is 0 Å². The summed E-state index contributed by atoms with van der Waals surface area (Å²) in [6.45, 7) is -0.206. The Labute approximate surface area is 92.7 Å². The fraction of sp³-hybridized carbons (Fsp3) is 0.444. The first-order valence-corrected chi connectivity index (χ1v) is 5.70. The lowest BCUT2D eigenvalue weighted by molar-refractivity contribution is 0.113. The summed E-state index contributed by atoms with van der Waals surface area (Å²) in [6.07, 6.45) is 0.993. The molecule has 5 N–H and O–H groups in total. The zero-order chi connectivity index (χ0) is 11.1. The Balaban J connectivity index is 2.43. The van der Waals surface area contributed by atoms with Gasteiger partial charge in [0.25, 0.3) is 0 Å². The van der Waals surface area contributed by atoms with Gasteiger partial charge in [0.05, 0.1) is 12.7 Å². The van der Waals surface area contributed by atoms with Gasteiger partial charge in [-0.2, -0.15) is 11.8 Å². The summed E-state index contributed by atoms with van der Waals surface area (Å²) in [6, 6.07) is 3.75. The van der Waals surface area contributed by atoms with Crippen LogP contribution in [0.3, 0.4) is 0 Å². The monoisotopic (exact) mass is 229 g/mol. The summed E-state index contributed by atoms with van der Waals surface area (Å²) < 4.78 is 0. The van der Waals surface area contributed by atoms with E-state index in [1.54, 1.807) is 6.20 Å². The minimum atomic E-state index is -0.666. The summed E-state index contributed by atoms with van der Waals surface area (Å²) >= 11 is 1.52. The summed E-state index contributed by atoms with van der Waals surface area (Å²) in [4.78, 5) is 4.05. The normalized spacial score (nSPS) is 12.5. The molecular formula is C9H15N3O2S. The molecule has 1 aromatic rings. The number of hydrazine groups is 1. The second kappa shape index (κ2) is 6.62. The van der Waals surface area contributed by atoms with Crippen LogP contribution in [0.2, 0.25) is 0 Å². The van der Waals surface area contributed by atoms with Gasteiger partial charge in [-0.25, -0.2) is 10.8 Å². The van der Waals surface area contributed by atoms with Gasteiger partial charge in [0.1, 0.15) is 5.82 Å². The predicted octanol–water partition coefficient (Wildman–Crippen LogP) is -0.0464. The maximum atomic E-state index is 9.14. The standard InChI is InChI=1S/C9H15N3O2S/c10-12-9-7(2-1-3-11-9)5-15-6-8(14)4-13/h1-3,8,13-14H,4-6,10H2,(H,11,12). The van der Waals surface area contributed by atoms with Crippen LogP contribution in [0.5, 0.6) is 0 Å². The zero-order valence-electron chi connectivity index (χ0n) is 8.26. The molecule has 0 amide bonds. The first-order valence-electron chi connectivity index (χ1n) is 4.55. The largest absolute Gasteiger partial charge is 0.394 e. The smallest absolute Gasteiger partial charge is 0.143 e. The zero-order valence-corrected chi connectivity index (χ0v) is 9.07. The van der Waals surface area contributed by atoms with E-state index in [0.717, 1.165) is 5.56 Å². The number of aliphatic hydroxyl groups excluding tert-OH is 2. The number of anilines is 1. The van der Waals surface area contributed by atoms with Crippen LogP contribution >= 0.6 is 11.8 Å². The molecule has 0 aliphatic rings. The highest BCUT2D eigenvalue weighted by Gasteiger charge is 2.05. The Morgan fingerprint density at radius 1 is 1.60 bits per heavy atom. The van der Waals surface area contributed by atoms with E-state index < -0.39 is 6.10 Å². The number of aliphatic hydroxyl groups is 2. The molecule has 6 heteroatoms. The van der Waals surface area contributed by atoms with Gasteiger partial charge in [-0.3, -0.25) is 0 Å². The minimum absolute atomic E-state index is 0.206. The Kier molecular flexibility index (Phi) is 5.41. The topological polar surface area (TPSA) is 91.4 Å². The van der Waals surface area contributed by atoms with Crippen molar-refractivity contribution in [3.05, 3.63) is 23.9 Å². The number of nitrogens with one attached hydrogen (secondary N) is 1. The highest BCUT2D eigenvalue weighted by Crippen LogP contribution is 2.18. The number of hydrogen-bond donors (Lipinski definition) is 4. The molecule has 1 rings (SSSR count). The van der Waals surface area contributed by atoms with Crippen molar-refractivity contribution in [3.63, 3.8) is 0 Å². The molecule has 0 aliphatic heterocycles. The molecule has 1 heterocycles. The lowest BCUT2D eigenvalue weighted by atomic mass is 10.3. The Bertz CT molecular complexity index is 298.